The van der Waals surface area contributed by atoms with E-state index in [0.717, 1.165) is 10.9 Å². The number of nitrogens with one attached hydrogen (secondary N) is 1. The molecule has 1 heterocycles. The van der Waals surface area contributed by atoms with E-state index in [1.807, 2.05) is 0 Å². The Morgan fingerprint density at radius 3 is 2.50 bits per heavy atom. The lowest BCUT2D eigenvalue weighted by molar-refractivity contribution is -0.121. The van der Waals surface area contributed by atoms with Gasteiger partial charge in [0.05, 0.1) is 0 Å². The summed E-state index contributed by atoms with van der Waals surface area (Å²) in [6.07, 6.45) is -3.60. The van der Waals surface area contributed by atoms with Crippen LogP contribution < -0.4 is 10.5 Å². The van der Waals surface area contributed by atoms with Crippen LogP contribution in [0.2, 0.25) is 0 Å². The third-order valence-electron chi connectivity index (χ3n) is 1.57. The maximum Gasteiger partial charge on any atom is 0.402 e. The number of sulfonamides is 1. The van der Waals surface area contributed by atoms with Gasteiger partial charge in [0.1, 0.15) is 11.4 Å². The molecule has 0 fully saturated rings. The molecule has 1 aromatic heterocycles. The van der Waals surface area contributed by atoms with Gasteiger partial charge in [0.25, 0.3) is 0 Å². The van der Waals surface area contributed by atoms with Crippen LogP contribution >= 0.6 is 0 Å². The van der Waals surface area contributed by atoms with Gasteiger partial charge >= 0.3 is 6.18 Å². The average molecular weight is 258 g/mol. The van der Waals surface area contributed by atoms with Crippen molar-refractivity contribution in [3.63, 3.8) is 0 Å². The summed E-state index contributed by atoms with van der Waals surface area (Å²) < 4.78 is 60.7. The van der Waals surface area contributed by atoms with Crippen molar-refractivity contribution >= 4 is 15.8 Å². The largest absolute Gasteiger partial charge is 0.402 e. The van der Waals surface area contributed by atoms with Gasteiger partial charge in [-0.05, 0) is 0 Å². The molecule has 0 spiro atoms. The smallest absolute Gasteiger partial charge is 0.381 e. The molecule has 0 aliphatic carbocycles. The lowest BCUT2D eigenvalue weighted by atomic mass is 10.7. The molecule has 10 heteroatoms. The van der Waals surface area contributed by atoms with Gasteiger partial charge in [0.2, 0.25) is 10.0 Å². The van der Waals surface area contributed by atoms with Gasteiger partial charge in [0.15, 0.2) is 5.82 Å². The lowest BCUT2D eigenvalue weighted by Crippen LogP contribution is -2.33. The molecule has 0 aliphatic rings. The molecule has 3 N–H and O–H groups in total. The zero-order valence-corrected chi connectivity index (χ0v) is 8.93. The summed E-state index contributed by atoms with van der Waals surface area (Å²) in [7, 11) is -2.88. The van der Waals surface area contributed by atoms with Crippen LogP contribution in [0.4, 0.5) is 19.0 Å². The Balaban J connectivity index is 2.91. The maximum atomic E-state index is 11.8. The predicted octanol–water partition coefficient (Wildman–Crippen LogP) is -0.157. The van der Waals surface area contributed by atoms with E-state index in [2.05, 4.69) is 5.10 Å². The molecule has 0 aromatic carbocycles. The first kappa shape index (κ1) is 12.8. The summed E-state index contributed by atoms with van der Waals surface area (Å²) in [5.74, 6) is -0.350. The summed E-state index contributed by atoms with van der Waals surface area (Å²) in [5, 5.41) is 3.52. The van der Waals surface area contributed by atoms with Gasteiger partial charge in [0, 0.05) is 13.2 Å². The van der Waals surface area contributed by atoms with Gasteiger partial charge in [-0.2, -0.15) is 18.3 Å². The SMILES string of the molecule is Cn1cc(S(=O)(=O)NCC(F)(F)F)c(N)n1. The fourth-order valence-corrected chi connectivity index (χ4v) is 2.06. The monoisotopic (exact) mass is 258 g/mol. The molecule has 0 radical (unpaired) electrons. The second-order valence-electron chi connectivity index (χ2n) is 2.99. The van der Waals surface area contributed by atoms with Gasteiger partial charge in [-0.25, -0.2) is 13.1 Å². The first-order chi connectivity index (χ1) is 7.12. The van der Waals surface area contributed by atoms with Crippen LogP contribution in [0.15, 0.2) is 11.1 Å². The number of hydrogen-bond donors (Lipinski definition) is 2. The number of nitrogens with zero attached hydrogens (tertiary/aromatic N) is 2. The first-order valence-electron chi connectivity index (χ1n) is 3.97. The number of anilines is 1. The molecule has 0 aliphatic heterocycles. The standard InChI is InChI=1S/C6H9F3N4O2S/c1-13-2-4(5(10)12-13)16(14,15)11-3-6(7,8)9/h2,11H,3H2,1H3,(H2,10,12). The van der Waals surface area contributed by atoms with Gasteiger partial charge in [-0.3, -0.25) is 4.68 Å². The van der Waals surface area contributed by atoms with Gasteiger partial charge < -0.3 is 5.73 Å². The summed E-state index contributed by atoms with van der Waals surface area (Å²) in [6.45, 7) is -1.65. The van der Waals surface area contributed by atoms with E-state index in [1.165, 1.54) is 11.8 Å². The predicted molar refractivity (Wildman–Crippen MR) is 48.9 cm³/mol. The quantitative estimate of drug-likeness (QED) is 0.788. The highest BCUT2D eigenvalue weighted by atomic mass is 32.2. The fraction of sp³-hybridized carbons (Fsp3) is 0.500. The van der Waals surface area contributed by atoms with E-state index in [4.69, 9.17) is 5.73 Å². The molecule has 0 saturated heterocycles. The minimum Gasteiger partial charge on any atom is -0.381 e. The molecule has 6 nitrogen and oxygen atoms in total. The molecule has 1 aromatic rings. The second-order valence-corrected chi connectivity index (χ2v) is 4.73. The second kappa shape index (κ2) is 3.94. The van der Waals surface area contributed by atoms with Crippen molar-refractivity contribution < 1.29 is 21.6 Å². The van der Waals surface area contributed by atoms with E-state index in [9.17, 15) is 21.6 Å². The highest BCUT2D eigenvalue weighted by molar-refractivity contribution is 7.89. The van der Waals surface area contributed by atoms with Crippen molar-refractivity contribution in [2.45, 2.75) is 11.1 Å². The van der Waals surface area contributed by atoms with Crippen LogP contribution in [0.1, 0.15) is 0 Å². The Morgan fingerprint density at radius 2 is 2.12 bits per heavy atom. The Kier molecular flexibility index (Phi) is 3.15. The van der Waals surface area contributed by atoms with Crippen molar-refractivity contribution in [3.8, 4) is 0 Å². The third-order valence-corrected chi connectivity index (χ3v) is 2.99. The number of aryl methyl sites for hydroxylation is 1. The van der Waals surface area contributed by atoms with Crippen LogP contribution in [0, 0.1) is 0 Å². The van der Waals surface area contributed by atoms with Crippen LogP contribution in [-0.2, 0) is 17.1 Å². The molecule has 0 bridgehead atoms. The minimum absolute atomic E-state index is 0.350. The first-order valence-corrected chi connectivity index (χ1v) is 5.46. The maximum absolute atomic E-state index is 11.8. The van der Waals surface area contributed by atoms with E-state index in [0.29, 0.717) is 0 Å². The minimum atomic E-state index is -4.62. The number of nitrogens with two attached hydrogens (primary N) is 1. The summed E-state index contributed by atoms with van der Waals surface area (Å²) in [5.41, 5.74) is 5.23. The van der Waals surface area contributed by atoms with Crippen molar-refractivity contribution in [1.82, 2.24) is 14.5 Å². The summed E-state index contributed by atoms with van der Waals surface area (Å²) >= 11 is 0. The molecule has 0 unspecified atom stereocenters. The number of rotatable bonds is 3. The third kappa shape index (κ3) is 3.10. The lowest BCUT2D eigenvalue weighted by Gasteiger charge is -2.07. The summed E-state index contributed by atoms with van der Waals surface area (Å²) in [4.78, 5) is -0.473. The zero-order chi connectivity index (χ0) is 12.6. The van der Waals surface area contributed by atoms with Crippen LogP contribution in [0.3, 0.4) is 0 Å². The molecule has 92 valence electrons. The topological polar surface area (TPSA) is 90.0 Å². The van der Waals surface area contributed by atoms with Crippen LogP contribution in [-0.4, -0.2) is 30.9 Å². The Labute approximate surface area is 89.3 Å². The molecule has 0 saturated carbocycles. The highest BCUT2D eigenvalue weighted by Crippen LogP contribution is 2.18. The number of alkyl halides is 3. The van der Waals surface area contributed by atoms with Gasteiger partial charge in [-0.15, -0.1) is 0 Å². The fourth-order valence-electron chi connectivity index (χ4n) is 0.946. The van der Waals surface area contributed by atoms with Crippen molar-refractivity contribution in [1.29, 1.82) is 0 Å². The Hall–Kier alpha value is -1.29. The number of aromatic nitrogens is 2. The van der Waals surface area contributed by atoms with Crippen molar-refractivity contribution in [2.24, 2.45) is 7.05 Å². The zero-order valence-electron chi connectivity index (χ0n) is 8.11. The summed E-state index contributed by atoms with van der Waals surface area (Å²) in [6, 6.07) is 0. The Bertz CT molecular complexity index is 478. The van der Waals surface area contributed by atoms with Gasteiger partial charge in [-0.1, -0.05) is 0 Å². The van der Waals surface area contributed by atoms with E-state index < -0.39 is 27.6 Å². The number of hydrogen-bond acceptors (Lipinski definition) is 4. The van der Waals surface area contributed by atoms with Crippen molar-refractivity contribution in [2.75, 3.05) is 12.3 Å². The molecule has 0 atom stereocenters. The molecule has 1 rings (SSSR count). The van der Waals surface area contributed by atoms with E-state index in [-0.39, 0.29) is 5.82 Å². The number of nitrogen functional groups attached to an aromatic ring is 1. The Morgan fingerprint density at radius 1 is 1.56 bits per heavy atom. The molecule has 16 heavy (non-hydrogen) atoms. The van der Waals surface area contributed by atoms with Crippen molar-refractivity contribution in [3.05, 3.63) is 6.20 Å². The molecular formula is C6H9F3N4O2S. The van der Waals surface area contributed by atoms with E-state index in [1.54, 1.807) is 0 Å². The highest BCUT2D eigenvalue weighted by Gasteiger charge is 2.31. The molecule has 0 amide bonds. The van der Waals surface area contributed by atoms with Crippen LogP contribution in [0.5, 0.6) is 0 Å². The number of halogens is 3. The normalized spacial score (nSPS) is 13.0. The van der Waals surface area contributed by atoms with Crippen LogP contribution in [0.25, 0.3) is 0 Å². The molecular weight excluding hydrogens is 249 g/mol. The average Bonchev–Trinajstić information content (AvgIpc) is 2.42. The van der Waals surface area contributed by atoms with E-state index >= 15 is 0 Å².